The predicted molar refractivity (Wildman–Crippen MR) is 89.4 cm³/mol. The van der Waals surface area contributed by atoms with E-state index in [0.29, 0.717) is 24.9 Å². The largest absolute Gasteiger partial charge is 0.480 e. The molecule has 2 rings (SSSR count). The summed E-state index contributed by atoms with van der Waals surface area (Å²) in [5.74, 6) is -1.69. The molecule has 0 aromatic heterocycles. The maximum absolute atomic E-state index is 12.2. The lowest BCUT2D eigenvalue weighted by Gasteiger charge is -2.22. The van der Waals surface area contributed by atoms with Crippen molar-refractivity contribution in [2.24, 2.45) is 5.41 Å². The number of carboxylic acid groups (broad SMARTS) is 1. The van der Waals surface area contributed by atoms with Gasteiger partial charge in [0.05, 0.1) is 0 Å². The highest BCUT2D eigenvalue weighted by molar-refractivity contribution is 6.00. The molecule has 1 aromatic carbocycles. The van der Waals surface area contributed by atoms with Crippen molar-refractivity contribution in [1.82, 2.24) is 10.2 Å². The van der Waals surface area contributed by atoms with Gasteiger partial charge in [-0.2, -0.15) is 0 Å². The number of nitrogens with one attached hydrogen (secondary N) is 1. The quantitative estimate of drug-likeness (QED) is 0.834. The minimum absolute atomic E-state index is 0.00894. The first-order valence-corrected chi connectivity index (χ1v) is 8.07. The molecule has 1 unspecified atom stereocenters. The Balaban J connectivity index is 1.92. The van der Waals surface area contributed by atoms with Crippen molar-refractivity contribution >= 4 is 17.8 Å². The first-order valence-electron chi connectivity index (χ1n) is 8.07. The summed E-state index contributed by atoms with van der Waals surface area (Å²) in [6, 6.07) is 6.29. The van der Waals surface area contributed by atoms with Crippen LogP contribution in [-0.4, -0.2) is 40.4 Å². The van der Waals surface area contributed by atoms with Gasteiger partial charge < -0.3 is 15.3 Å². The molecular formula is C18H24N2O4. The smallest absolute Gasteiger partial charge is 0.326 e. The molecule has 0 aliphatic carbocycles. The summed E-state index contributed by atoms with van der Waals surface area (Å²) in [6.45, 7) is 6.31. The maximum atomic E-state index is 12.2. The molecule has 0 spiro atoms. The Morgan fingerprint density at radius 2 is 1.96 bits per heavy atom. The second-order valence-corrected chi connectivity index (χ2v) is 7.38. The number of benzene rings is 1. The van der Waals surface area contributed by atoms with Gasteiger partial charge in [-0.1, -0.05) is 39.0 Å². The molecule has 0 bridgehead atoms. The molecule has 1 aliphatic rings. The summed E-state index contributed by atoms with van der Waals surface area (Å²) in [5.41, 5.74) is 1.48. The van der Waals surface area contributed by atoms with Gasteiger partial charge in [0.15, 0.2) is 0 Å². The molecule has 2 N–H and O–H groups in total. The number of hydrogen-bond donors (Lipinski definition) is 2. The van der Waals surface area contributed by atoms with Crippen molar-refractivity contribution in [1.29, 1.82) is 0 Å². The summed E-state index contributed by atoms with van der Waals surface area (Å²) in [6.07, 6.45) is 1.04. The molecule has 1 heterocycles. The fourth-order valence-corrected chi connectivity index (χ4v) is 2.69. The third kappa shape index (κ3) is 4.57. The van der Waals surface area contributed by atoms with E-state index in [-0.39, 0.29) is 17.9 Å². The molecule has 6 heteroatoms. The number of fused-ring (bicyclic) bond motifs is 1. The Morgan fingerprint density at radius 1 is 1.29 bits per heavy atom. The number of carbonyl (C=O) groups excluding carboxylic acids is 2. The average Bonchev–Trinajstić information content (AvgIpc) is 2.79. The van der Waals surface area contributed by atoms with Crippen molar-refractivity contribution in [2.45, 2.75) is 46.2 Å². The van der Waals surface area contributed by atoms with Crippen LogP contribution in [0.5, 0.6) is 0 Å². The first kappa shape index (κ1) is 18.0. The molecule has 130 valence electrons. The van der Waals surface area contributed by atoms with E-state index in [2.05, 4.69) is 5.32 Å². The molecule has 0 radical (unpaired) electrons. The van der Waals surface area contributed by atoms with Crippen molar-refractivity contribution in [3.8, 4) is 0 Å². The molecular weight excluding hydrogens is 308 g/mol. The number of nitrogens with zero attached hydrogens (tertiary/aromatic N) is 1. The second kappa shape index (κ2) is 7.03. The van der Waals surface area contributed by atoms with Crippen LogP contribution in [-0.2, 0) is 16.1 Å². The third-order valence-corrected chi connectivity index (χ3v) is 4.05. The second-order valence-electron chi connectivity index (χ2n) is 7.38. The van der Waals surface area contributed by atoms with Gasteiger partial charge in [0, 0.05) is 12.1 Å². The highest BCUT2D eigenvalue weighted by Crippen LogP contribution is 2.23. The average molecular weight is 332 g/mol. The fraction of sp³-hybridized carbons (Fsp3) is 0.500. The zero-order chi connectivity index (χ0) is 17.9. The Labute approximate surface area is 141 Å². The van der Waals surface area contributed by atoms with Gasteiger partial charge in [-0.3, -0.25) is 9.59 Å². The molecule has 1 aliphatic heterocycles. The lowest BCUT2D eigenvalue weighted by atomic mass is 9.88. The van der Waals surface area contributed by atoms with Crippen LogP contribution in [0.4, 0.5) is 0 Å². The molecule has 1 atom stereocenters. The van der Waals surface area contributed by atoms with Crippen LogP contribution in [0.15, 0.2) is 24.3 Å². The van der Waals surface area contributed by atoms with E-state index in [1.54, 1.807) is 12.1 Å². The summed E-state index contributed by atoms with van der Waals surface area (Å²) in [7, 11) is 0. The van der Waals surface area contributed by atoms with E-state index < -0.39 is 17.9 Å². The van der Waals surface area contributed by atoms with Crippen molar-refractivity contribution in [3.63, 3.8) is 0 Å². The Bertz CT molecular complexity index is 649. The minimum atomic E-state index is -1.05. The van der Waals surface area contributed by atoms with E-state index in [1.165, 1.54) is 4.90 Å². The Morgan fingerprint density at radius 3 is 2.54 bits per heavy atom. The zero-order valence-electron chi connectivity index (χ0n) is 14.3. The maximum Gasteiger partial charge on any atom is 0.326 e. The monoisotopic (exact) mass is 332 g/mol. The van der Waals surface area contributed by atoms with E-state index in [9.17, 15) is 19.5 Å². The van der Waals surface area contributed by atoms with E-state index in [4.69, 9.17) is 0 Å². The van der Waals surface area contributed by atoms with Crippen LogP contribution in [0, 0.1) is 5.41 Å². The number of aliphatic carboxylic acids is 1. The highest BCUT2D eigenvalue weighted by Gasteiger charge is 2.29. The molecule has 0 saturated heterocycles. The lowest BCUT2D eigenvalue weighted by Crippen LogP contribution is -2.46. The van der Waals surface area contributed by atoms with Gasteiger partial charge in [-0.05, 0) is 29.9 Å². The number of hydrogen-bond acceptors (Lipinski definition) is 3. The van der Waals surface area contributed by atoms with Gasteiger partial charge in [0.25, 0.3) is 5.91 Å². The number of amides is 2. The van der Waals surface area contributed by atoms with Gasteiger partial charge in [0.2, 0.25) is 5.91 Å². The predicted octanol–water partition coefficient (Wildman–Crippen LogP) is 2.04. The highest BCUT2D eigenvalue weighted by atomic mass is 16.4. The van der Waals surface area contributed by atoms with Crippen LogP contribution in [0.1, 0.15) is 49.5 Å². The van der Waals surface area contributed by atoms with E-state index in [0.717, 1.165) is 5.56 Å². The first-order chi connectivity index (χ1) is 11.2. The summed E-state index contributed by atoms with van der Waals surface area (Å²) < 4.78 is 0. The normalized spacial score (nSPS) is 15.1. The molecule has 6 nitrogen and oxygen atoms in total. The SMILES string of the molecule is CC(C)(C)CCC(NC(=O)CN1Cc2ccccc2C1=O)C(=O)O. The van der Waals surface area contributed by atoms with Crippen LogP contribution < -0.4 is 5.32 Å². The van der Waals surface area contributed by atoms with Crippen LogP contribution >= 0.6 is 0 Å². The van der Waals surface area contributed by atoms with Crippen LogP contribution in [0.2, 0.25) is 0 Å². The van der Waals surface area contributed by atoms with Crippen molar-refractivity contribution < 1.29 is 19.5 Å². The standard InChI is InChI=1S/C18H24N2O4/c1-18(2,3)9-8-14(17(23)24)19-15(21)11-20-10-12-6-4-5-7-13(12)16(20)22/h4-7,14H,8-11H2,1-3H3,(H,19,21)(H,23,24). The molecule has 1 aromatic rings. The van der Waals surface area contributed by atoms with Crippen molar-refractivity contribution in [2.75, 3.05) is 6.54 Å². The van der Waals surface area contributed by atoms with Crippen LogP contribution in [0.3, 0.4) is 0 Å². The number of carbonyl (C=O) groups is 3. The van der Waals surface area contributed by atoms with Gasteiger partial charge in [-0.25, -0.2) is 4.79 Å². The summed E-state index contributed by atoms with van der Waals surface area (Å²) in [4.78, 5) is 37.2. The number of rotatable bonds is 6. The molecule has 2 amide bonds. The van der Waals surface area contributed by atoms with Gasteiger partial charge in [-0.15, -0.1) is 0 Å². The van der Waals surface area contributed by atoms with E-state index in [1.807, 2.05) is 32.9 Å². The van der Waals surface area contributed by atoms with Gasteiger partial charge in [0.1, 0.15) is 12.6 Å². The van der Waals surface area contributed by atoms with Crippen molar-refractivity contribution in [3.05, 3.63) is 35.4 Å². The van der Waals surface area contributed by atoms with Crippen LogP contribution in [0.25, 0.3) is 0 Å². The molecule has 0 fully saturated rings. The van der Waals surface area contributed by atoms with Gasteiger partial charge >= 0.3 is 5.97 Å². The summed E-state index contributed by atoms with van der Waals surface area (Å²) >= 11 is 0. The van der Waals surface area contributed by atoms with E-state index >= 15 is 0 Å². The minimum Gasteiger partial charge on any atom is -0.480 e. The Hall–Kier alpha value is -2.37. The lowest BCUT2D eigenvalue weighted by molar-refractivity contribution is -0.142. The topological polar surface area (TPSA) is 86.7 Å². The Kier molecular flexibility index (Phi) is 5.26. The molecule has 24 heavy (non-hydrogen) atoms. The molecule has 0 saturated carbocycles. The summed E-state index contributed by atoms with van der Waals surface area (Å²) in [5, 5.41) is 11.8. The third-order valence-electron chi connectivity index (χ3n) is 4.05. The fourth-order valence-electron chi connectivity index (χ4n) is 2.69. The zero-order valence-corrected chi connectivity index (χ0v) is 14.3. The number of carboxylic acids is 1.